The lowest BCUT2D eigenvalue weighted by Crippen LogP contribution is -2.45. The minimum Gasteiger partial charge on any atom is -0.353 e. The number of likely N-dealkylation sites (tertiary alicyclic amines) is 1. The van der Waals surface area contributed by atoms with E-state index in [0.717, 1.165) is 50.9 Å². The molecule has 2 aromatic carbocycles. The Hall–Kier alpha value is -2.20. The van der Waals surface area contributed by atoms with Crippen LogP contribution >= 0.6 is 0 Å². The van der Waals surface area contributed by atoms with E-state index in [1.165, 1.54) is 17.7 Å². The molecule has 1 amide bonds. The van der Waals surface area contributed by atoms with Gasteiger partial charge in [0, 0.05) is 19.1 Å². The molecule has 1 saturated heterocycles. The number of rotatable bonds is 7. The van der Waals surface area contributed by atoms with E-state index in [4.69, 9.17) is 0 Å². The van der Waals surface area contributed by atoms with E-state index in [-0.39, 0.29) is 23.7 Å². The Labute approximate surface area is 161 Å². The highest BCUT2D eigenvalue weighted by atomic mass is 19.1. The van der Waals surface area contributed by atoms with E-state index in [1.807, 2.05) is 18.2 Å². The Morgan fingerprint density at radius 3 is 2.63 bits per heavy atom. The van der Waals surface area contributed by atoms with Gasteiger partial charge in [-0.25, -0.2) is 4.39 Å². The molecule has 144 valence electrons. The first-order chi connectivity index (χ1) is 13.1. The van der Waals surface area contributed by atoms with E-state index < -0.39 is 0 Å². The molecule has 4 heteroatoms. The van der Waals surface area contributed by atoms with Crippen LogP contribution in [-0.4, -0.2) is 29.9 Å². The number of carbonyl (C=O) groups excluding carboxylic acids is 1. The van der Waals surface area contributed by atoms with Crippen molar-refractivity contribution in [2.24, 2.45) is 5.92 Å². The van der Waals surface area contributed by atoms with Gasteiger partial charge in [-0.05, 0) is 62.4 Å². The predicted octanol–water partition coefficient (Wildman–Crippen LogP) is 4.18. The molecule has 0 radical (unpaired) electrons. The first-order valence-corrected chi connectivity index (χ1v) is 9.91. The van der Waals surface area contributed by atoms with Crippen LogP contribution in [0, 0.1) is 11.7 Å². The topological polar surface area (TPSA) is 32.3 Å². The second-order valence-electron chi connectivity index (χ2n) is 7.63. The zero-order valence-corrected chi connectivity index (χ0v) is 16.0. The summed E-state index contributed by atoms with van der Waals surface area (Å²) in [5.41, 5.74) is 2.40. The highest BCUT2D eigenvalue weighted by Gasteiger charge is 2.26. The SMILES string of the molecule is C[C@H](CCc1ccccc1)NC(=O)[C@@H]1CCCN(Cc2ccc(F)cc2)C1. The van der Waals surface area contributed by atoms with E-state index >= 15 is 0 Å². The Morgan fingerprint density at radius 1 is 1.15 bits per heavy atom. The third kappa shape index (κ3) is 6.17. The predicted molar refractivity (Wildman–Crippen MR) is 107 cm³/mol. The summed E-state index contributed by atoms with van der Waals surface area (Å²) in [6.45, 7) is 4.62. The number of nitrogens with one attached hydrogen (secondary N) is 1. The molecule has 0 unspecified atom stereocenters. The van der Waals surface area contributed by atoms with Gasteiger partial charge in [-0.15, -0.1) is 0 Å². The summed E-state index contributed by atoms with van der Waals surface area (Å²) in [5, 5.41) is 3.20. The van der Waals surface area contributed by atoms with Crippen molar-refractivity contribution in [2.75, 3.05) is 13.1 Å². The van der Waals surface area contributed by atoms with Crippen LogP contribution in [0.5, 0.6) is 0 Å². The molecule has 1 heterocycles. The van der Waals surface area contributed by atoms with E-state index in [2.05, 4.69) is 41.4 Å². The van der Waals surface area contributed by atoms with Gasteiger partial charge in [0.25, 0.3) is 0 Å². The van der Waals surface area contributed by atoms with E-state index in [0.29, 0.717) is 0 Å². The number of nitrogens with zero attached hydrogens (tertiary/aromatic N) is 1. The van der Waals surface area contributed by atoms with Gasteiger partial charge in [0.05, 0.1) is 5.92 Å². The average Bonchev–Trinajstić information content (AvgIpc) is 2.69. The Kier molecular flexibility index (Phi) is 6.99. The molecule has 0 saturated carbocycles. The number of amides is 1. The maximum atomic E-state index is 13.1. The van der Waals surface area contributed by atoms with Gasteiger partial charge in [-0.2, -0.15) is 0 Å². The fourth-order valence-electron chi connectivity index (χ4n) is 3.72. The molecule has 2 atom stereocenters. The van der Waals surface area contributed by atoms with Crippen molar-refractivity contribution in [1.29, 1.82) is 0 Å². The maximum absolute atomic E-state index is 13.1. The number of aryl methyl sites for hydroxylation is 1. The fourth-order valence-corrected chi connectivity index (χ4v) is 3.72. The maximum Gasteiger partial charge on any atom is 0.224 e. The van der Waals surface area contributed by atoms with Crippen LogP contribution in [0.15, 0.2) is 54.6 Å². The lowest BCUT2D eigenvalue weighted by molar-refractivity contribution is -0.127. The molecule has 27 heavy (non-hydrogen) atoms. The summed E-state index contributed by atoms with van der Waals surface area (Å²) in [5.74, 6) is -0.00289. The molecule has 2 aromatic rings. The van der Waals surface area contributed by atoms with Gasteiger partial charge in [0.1, 0.15) is 5.82 Å². The number of piperidine rings is 1. The normalized spacial score (nSPS) is 18.8. The average molecular weight is 368 g/mol. The lowest BCUT2D eigenvalue weighted by atomic mass is 9.96. The molecule has 0 aromatic heterocycles. The first-order valence-electron chi connectivity index (χ1n) is 9.91. The molecular weight excluding hydrogens is 339 g/mol. The van der Waals surface area contributed by atoms with Crippen molar-refractivity contribution in [3.8, 4) is 0 Å². The molecule has 0 spiro atoms. The Bertz CT molecular complexity index is 717. The van der Waals surface area contributed by atoms with E-state index in [1.54, 1.807) is 0 Å². The van der Waals surface area contributed by atoms with Crippen LogP contribution in [0.4, 0.5) is 4.39 Å². The summed E-state index contributed by atoms with van der Waals surface area (Å²) in [6.07, 6.45) is 3.89. The summed E-state index contributed by atoms with van der Waals surface area (Å²) in [7, 11) is 0. The lowest BCUT2D eigenvalue weighted by Gasteiger charge is -2.32. The van der Waals surface area contributed by atoms with Crippen LogP contribution in [-0.2, 0) is 17.8 Å². The molecular formula is C23H29FN2O. The molecule has 1 aliphatic rings. The zero-order valence-electron chi connectivity index (χ0n) is 16.0. The second-order valence-corrected chi connectivity index (χ2v) is 7.63. The molecule has 1 fully saturated rings. The fraction of sp³-hybridized carbons (Fsp3) is 0.435. The standard InChI is InChI=1S/C23H29FN2O/c1-18(9-10-19-6-3-2-4-7-19)25-23(27)21-8-5-15-26(17-21)16-20-11-13-22(24)14-12-20/h2-4,6-7,11-14,18,21H,5,8-10,15-17H2,1H3,(H,25,27)/t18-,21-/m1/s1. The van der Waals surface area contributed by atoms with Crippen LogP contribution < -0.4 is 5.32 Å². The van der Waals surface area contributed by atoms with E-state index in [9.17, 15) is 9.18 Å². The van der Waals surface area contributed by atoms with Crippen molar-refractivity contribution in [1.82, 2.24) is 10.2 Å². The quantitative estimate of drug-likeness (QED) is 0.795. The van der Waals surface area contributed by atoms with Gasteiger partial charge >= 0.3 is 0 Å². The van der Waals surface area contributed by atoms with Crippen molar-refractivity contribution in [2.45, 2.75) is 45.2 Å². The highest BCUT2D eigenvalue weighted by Crippen LogP contribution is 2.19. The largest absolute Gasteiger partial charge is 0.353 e. The molecule has 0 bridgehead atoms. The Morgan fingerprint density at radius 2 is 1.89 bits per heavy atom. The third-order valence-corrected chi connectivity index (χ3v) is 5.29. The first kappa shape index (κ1) is 19.6. The van der Waals surface area contributed by atoms with Crippen molar-refractivity contribution < 1.29 is 9.18 Å². The summed E-state index contributed by atoms with van der Waals surface area (Å²) in [4.78, 5) is 15.0. The number of benzene rings is 2. The molecule has 3 nitrogen and oxygen atoms in total. The Balaban J connectivity index is 1.45. The summed E-state index contributed by atoms with van der Waals surface area (Å²) < 4.78 is 13.1. The number of carbonyl (C=O) groups is 1. The van der Waals surface area contributed by atoms with Crippen molar-refractivity contribution in [3.05, 3.63) is 71.5 Å². The third-order valence-electron chi connectivity index (χ3n) is 5.29. The summed E-state index contributed by atoms with van der Waals surface area (Å²) >= 11 is 0. The van der Waals surface area contributed by atoms with Gasteiger partial charge in [-0.3, -0.25) is 9.69 Å². The number of hydrogen-bond acceptors (Lipinski definition) is 2. The molecule has 1 N–H and O–H groups in total. The van der Waals surface area contributed by atoms with Crippen LogP contribution in [0.1, 0.15) is 37.3 Å². The molecule has 0 aliphatic carbocycles. The van der Waals surface area contributed by atoms with Gasteiger partial charge < -0.3 is 5.32 Å². The number of halogens is 1. The minimum atomic E-state index is -0.209. The molecule has 1 aliphatic heterocycles. The van der Waals surface area contributed by atoms with Crippen molar-refractivity contribution >= 4 is 5.91 Å². The number of hydrogen-bond donors (Lipinski definition) is 1. The van der Waals surface area contributed by atoms with Crippen LogP contribution in [0.2, 0.25) is 0 Å². The van der Waals surface area contributed by atoms with Gasteiger partial charge in [0.2, 0.25) is 5.91 Å². The van der Waals surface area contributed by atoms with Gasteiger partial charge in [-0.1, -0.05) is 42.5 Å². The minimum absolute atomic E-state index is 0.0402. The summed E-state index contributed by atoms with van der Waals surface area (Å²) in [6, 6.07) is 17.2. The smallest absolute Gasteiger partial charge is 0.224 e. The van der Waals surface area contributed by atoms with Crippen LogP contribution in [0.25, 0.3) is 0 Å². The van der Waals surface area contributed by atoms with Crippen molar-refractivity contribution in [3.63, 3.8) is 0 Å². The van der Waals surface area contributed by atoms with Crippen LogP contribution in [0.3, 0.4) is 0 Å². The zero-order chi connectivity index (χ0) is 19.1. The molecule has 3 rings (SSSR count). The second kappa shape index (κ2) is 9.65. The highest BCUT2D eigenvalue weighted by molar-refractivity contribution is 5.79. The monoisotopic (exact) mass is 368 g/mol. The van der Waals surface area contributed by atoms with Gasteiger partial charge in [0.15, 0.2) is 0 Å².